The van der Waals surface area contributed by atoms with Crippen LogP contribution in [0.5, 0.6) is 0 Å². The monoisotopic (exact) mass is 760 g/mol. The standard InChI is InChI=1S/C43H69O9P/c1-3-5-7-9-11-12-13-14-15-16-17-18-19-20-21-22-23-27-31-35-42(44)49-37-39(38-50-53(46,47)48)51-43(45)36-32-28-24-26-30-34-41-40(52-41)33-29-25-10-8-6-4-2/h5,7,11-12,14-15,17-18,20-21,23,25,27,29,39-41H,3-4,6,8-10,13,16,19,22,24,26,28,30-38H2,1-2H3,(H2,46,47,48)/b7-5-,12-11-,15-14-,18-17-,21-20-,27-23-,29-25-/t39-,40?,41?/m1/s1. The van der Waals surface area contributed by atoms with Crippen molar-refractivity contribution in [3.05, 3.63) is 85.1 Å². The molecule has 3 atom stereocenters. The second-order valence-electron chi connectivity index (χ2n) is 13.3. The Morgan fingerprint density at radius 1 is 0.623 bits per heavy atom. The fourth-order valence-electron chi connectivity index (χ4n) is 5.29. The van der Waals surface area contributed by atoms with Crippen molar-refractivity contribution < 1.29 is 42.7 Å². The summed E-state index contributed by atoms with van der Waals surface area (Å²) in [6.07, 6.45) is 47.6. The summed E-state index contributed by atoms with van der Waals surface area (Å²) in [6, 6.07) is 0. The van der Waals surface area contributed by atoms with Gasteiger partial charge in [-0.2, -0.15) is 0 Å². The second-order valence-corrected chi connectivity index (χ2v) is 14.5. The largest absolute Gasteiger partial charge is 0.469 e. The molecule has 0 aliphatic carbocycles. The highest BCUT2D eigenvalue weighted by Crippen LogP contribution is 2.36. The summed E-state index contributed by atoms with van der Waals surface area (Å²) < 4.78 is 32.1. The van der Waals surface area contributed by atoms with E-state index < -0.39 is 32.5 Å². The molecule has 2 unspecified atom stereocenters. The van der Waals surface area contributed by atoms with Crippen molar-refractivity contribution in [3.8, 4) is 0 Å². The molecule has 0 aromatic heterocycles. The minimum Gasteiger partial charge on any atom is -0.462 e. The van der Waals surface area contributed by atoms with E-state index in [0.717, 1.165) is 83.5 Å². The third-order valence-electron chi connectivity index (χ3n) is 8.34. The molecule has 300 valence electrons. The third-order valence-corrected chi connectivity index (χ3v) is 8.82. The number of hydrogen-bond acceptors (Lipinski definition) is 7. The Labute approximate surface area is 320 Å². The van der Waals surface area contributed by atoms with Crippen molar-refractivity contribution in [2.75, 3.05) is 13.2 Å². The van der Waals surface area contributed by atoms with E-state index in [1.807, 2.05) is 12.2 Å². The summed E-state index contributed by atoms with van der Waals surface area (Å²) in [4.78, 5) is 42.8. The van der Waals surface area contributed by atoms with Gasteiger partial charge in [-0.15, -0.1) is 0 Å². The summed E-state index contributed by atoms with van der Waals surface area (Å²) in [5.41, 5.74) is 0. The molecule has 0 amide bonds. The molecule has 1 heterocycles. The lowest BCUT2D eigenvalue weighted by Crippen LogP contribution is -2.29. The first-order valence-corrected chi connectivity index (χ1v) is 21.5. The molecule has 0 saturated carbocycles. The Morgan fingerprint density at radius 2 is 1.19 bits per heavy atom. The van der Waals surface area contributed by atoms with Gasteiger partial charge in [-0.05, 0) is 77.0 Å². The molecule has 0 aromatic carbocycles. The molecule has 0 bridgehead atoms. The number of esters is 2. The smallest absolute Gasteiger partial charge is 0.462 e. The lowest BCUT2D eigenvalue weighted by Gasteiger charge is -2.18. The quantitative estimate of drug-likeness (QED) is 0.0216. The summed E-state index contributed by atoms with van der Waals surface area (Å²) in [5.74, 6) is -1.01. The van der Waals surface area contributed by atoms with Crippen LogP contribution in [0.1, 0.15) is 142 Å². The Morgan fingerprint density at radius 3 is 1.79 bits per heavy atom. The van der Waals surface area contributed by atoms with Gasteiger partial charge in [0.05, 0.1) is 18.8 Å². The Balaban J connectivity index is 2.15. The maximum absolute atomic E-state index is 12.4. The molecule has 2 N–H and O–H groups in total. The van der Waals surface area contributed by atoms with Crippen molar-refractivity contribution in [3.63, 3.8) is 0 Å². The van der Waals surface area contributed by atoms with Crippen molar-refractivity contribution >= 4 is 19.8 Å². The van der Waals surface area contributed by atoms with Crippen LogP contribution in [0, 0.1) is 0 Å². The van der Waals surface area contributed by atoms with Gasteiger partial charge in [-0.3, -0.25) is 14.1 Å². The van der Waals surface area contributed by atoms with E-state index in [-0.39, 0.29) is 19.4 Å². The zero-order chi connectivity index (χ0) is 38.7. The number of phosphoric ester groups is 1. The lowest BCUT2D eigenvalue weighted by atomic mass is 10.1. The predicted molar refractivity (Wildman–Crippen MR) is 215 cm³/mol. The number of rotatable bonds is 34. The number of epoxide rings is 1. The Kier molecular flexibility index (Phi) is 30.7. The minimum atomic E-state index is -4.78. The minimum absolute atomic E-state index is 0.131. The molecule has 0 spiro atoms. The van der Waals surface area contributed by atoms with Crippen LogP contribution >= 0.6 is 7.82 Å². The first-order chi connectivity index (χ1) is 25.7. The van der Waals surface area contributed by atoms with Crippen molar-refractivity contribution in [2.24, 2.45) is 0 Å². The van der Waals surface area contributed by atoms with E-state index in [2.05, 4.69) is 91.3 Å². The van der Waals surface area contributed by atoms with Gasteiger partial charge in [-0.1, -0.05) is 137 Å². The van der Waals surface area contributed by atoms with Crippen LogP contribution < -0.4 is 0 Å². The van der Waals surface area contributed by atoms with E-state index in [0.29, 0.717) is 25.0 Å². The first kappa shape index (κ1) is 48.2. The summed E-state index contributed by atoms with van der Waals surface area (Å²) in [7, 11) is -4.78. The van der Waals surface area contributed by atoms with Gasteiger partial charge in [0.15, 0.2) is 6.10 Å². The summed E-state index contributed by atoms with van der Waals surface area (Å²) >= 11 is 0. The van der Waals surface area contributed by atoms with Crippen molar-refractivity contribution in [2.45, 2.75) is 161 Å². The van der Waals surface area contributed by atoms with E-state index in [4.69, 9.17) is 24.0 Å². The van der Waals surface area contributed by atoms with Gasteiger partial charge in [0.25, 0.3) is 0 Å². The highest BCUT2D eigenvalue weighted by Gasteiger charge is 2.36. The number of carbonyl (C=O) groups is 2. The third kappa shape index (κ3) is 33.5. The molecule has 10 heteroatoms. The first-order valence-electron chi connectivity index (χ1n) is 20.0. The second kappa shape index (κ2) is 33.7. The number of hydrogen-bond donors (Lipinski definition) is 2. The highest BCUT2D eigenvalue weighted by molar-refractivity contribution is 7.46. The topological polar surface area (TPSA) is 132 Å². The van der Waals surface area contributed by atoms with Crippen LogP contribution in [0.25, 0.3) is 0 Å². The molecule has 1 rings (SSSR count). The molecule has 1 aliphatic rings. The summed E-state index contributed by atoms with van der Waals surface area (Å²) in [6.45, 7) is 3.44. The van der Waals surface area contributed by atoms with Gasteiger partial charge in [0.1, 0.15) is 6.61 Å². The Hall–Kier alpha value is -2.81. The van der Waals surface area contributed by atoms with Crippen LogP contribution in [0.15, 0.2) is 85.1 Å². The molecule has 1 fully saturated rings. The number of unbranched alkanes of at least 4 members (excludes halogenated alkanes) is 7. The number of phosphoric acid groups is 1. The normalized spacial score (nSPS) is 17.2. The molecular formula is C43H69O9P. The van der Waals surface area contributed by atoms with Gasteiger partial charge in [-0.25, -0.2) is 4.57 Å². The van der Waals surface area contributed by atoms with Gasteiger partial charge in [0.2, 0.25) is 0 Å². The maximum atomic E-state index is 12.4. The van der Waals surface area contributed by atoms with Crippen LogP contribution in [0.3, 0.4) is 0 Å². The summed E-state index contributed by atoms with van der Waals surface area (Å²) in [5, 5.41) is 0. The SMILES string of the molecule is CC/C=C\C/C=C\C/C=C\C/C=C\C/C=C\C/C=C\CCC(=O)OC[C@H](COP(=O)(O)O)OC(=O)CCCCCCCC1OC1C/C=C\CCCCC. The van der Waals surface area contributed by atoms with Gasteiger partial charge >= 0.3 is 19.8 Å². The van der Waals surface area contributed by atoms with Gasteiger partial charge in [0, 0.05) is 12.8 Å². The van der Waals surface area contributed by atoms with Gasteiger partial charge < -0.3 is 24.0 Å². The zero-order valence-corrected chi connectivity index (χ0v) is 33.5. The lowest BCUT2D eigenvalue weighted by molar-refractivity contribution is -0.161. The van der Waals surface area contributed by atoms with Crippen LogP contribution in [-0.2, 0) is 32.9 Å². The highest BCUT2D eigenvalue weighted by atomic mass is 31.2. The fourth-order valence-corrected chi connectivity index (χ4v) is 5.65. The molecule has 0 radical (unpaired) electrons. The van der Waals surface area contributed by atoms with Crippen LogP contribution in [0.2, 0.25) is 0 Å². The maximum Gasteiger partial charge on any atom is 0.469 e. The molecule has 1 saturated heterocycles. The number of carbonyl (C=O) groups excluding carboxylic acids is 2. The molecule has 1 aliphatic heterocycles. The fraction of sp³-hybridized carbons (Fsp3) is 0.628. The van der Waals surface area contributed by atoms with Crippen molar-refractivity contribution in [1.29, 1.82) is 0 Å². The van der Waals surface area contributed by atoms with Crippen LogP contribution in [-0.4, -0.2) is 53.3 Å². The number of ether oxygens (including phenoxy) is 3. The van der Waals surface area contributed by atoms with E-state index in [9.17, 15) is 14.2 Å². The zero-order valence-electron chi connectivity index (χ0n) is 32.6. The van der Waals surface area contributed by atoms with E-state index in [1.54, 1.807) is 0 Å². The Bertz CT molecular complexity index is 1190. The van der Waals surface area contributed by atoms with E-state index >= 15 is 0 Å². The van der Waals surface area contributed by atoms with Crippen molar-refractivity contribution in [1.82, 2.24) is 0 Å². The average molecular weight is 761 g/mol. The number of allylic oxidation sites excluding steroid dienone is 13. The molecular weight excluding hydrogens is 691 g/mol. The predicted octanol–water partition coefficient (Wildman–Crippen LogP) is 11.1. The molecule has 0 aromatic rings. The van der Waals surface area contributed by atoms with E-state index in [1.165, 1.54) is 19.3 Å². The molecule has 53 heavy (non-hydrogen) atoms. The molecule has 9 nitrogen and oxygen atoms in total. The average Bonchev–Trinajstić information content (AvgIpc) is 3.88. The van der Waals surface area contributed by atoms with Crippen LogP contribution in [0.4, 0.5) is 0 Å².